The molecule has 0 bridgehead atoms. The zero-order valence-electron chi connectivity index (χ0n) is 9.35. The average Bonchev–Trinajstić information content (AvgIpc) is 2.20. The van der Waals surface area contributed by atoms with Gasteiger partial charge in [-0.3, -0.25) is 9.18 Å². The van der Waals surface area contributed by atoms with Gasteiger partial charge in [0, 0.05) is 18.3 Å². The van der Waals surface area contributed by atoms with Crippen molar-refractivity contribution in [2.24, 2.45) is 0 Å². The first-order chi connectivity index (χ1) is 7.86. The number of nitrogens with zero attached hydrogens (tertiary/aromatic N) is 1. The summed E-state index contributed by atoms with van der Waals surface area (Å²) < 4.78 is 50.3. The molecule has 0 spiro atoms. The molecule has 6 heteroatoms. The van der Waals surface area contributed by atoms with Crippen LogP contribution in [0.5, 0.6) is 0 Å². The molecule has 96 valence electrons. The van der Waals surface area contributed by atoms with E-state index >= 15 is 0 Å². The van der Waals surface area contributed by atoms with Crippen molar-refractivity contribution in [1.29, 1.82) is 0 Å². The average molecular weight is 251 g/mol. The number of rotatable bonds is 4. The highest BCUT2D eigenvalue weighted by Crippen LogP contribution is 2.28. The van der Waals surface area contributed by atoms with Gasteiger partial charge < -0.3 is 4.57 Å². The SMILES string of the molecule is Cc1cc(C(F)(F)F)cc(=O)n1CCCCF. The summed E-state index contributed by atoms with van der Waals surface area (Å²) in [7, 11) is 0. The number of aryl methyl sites for hydroxylation is 1. The molecule has 0 saturated heterocycles. The Bertz CT molecular complexity index is 436. The van der Waals surface area contributed by atoms with Gasteiger partial charge in [-0.2, -0.15) is 13.2 Å². The van der Waals surface area contributed by atoms with Gasteiger partial charge in [0.15, 0.2) is 0 Å². The molecule has 0 atom stereocenters. The number of unbranched alkanes of at least 4 members (excludes halogenated alkanes) is 1. The van der Waals surface area contributed by atoms with E-state index in [0.29, 0.717) is 18.9 Å². The fraction of sp³-hybridized carbons (Fsp3) is 0.545. The molecule has 2 nitrogen and oxygen atoms in total. The molecule has 17 heavy (non-hydrogen) atoms. The number of hydrogen-bond acceptors (Lipinski definition) is 1. The molecule has 0 radical (unpaired) electrons. The van der Waals surface area contributed by atoms with Gasteiger partial charge in [0.05, 0.1) is 12.2 Å². The predicted molar refractivity (Wildman–Crippen MR) is 55.7 cm³/mol. The highest BCUT2D eigenvalue weighted by Gasteiger charge is 2.31. The summed E-state index contributed by atoms with van der Waals surface area (Å²) in [5.41, 5.74) is -1.40. The van der Waals surface area contributed by atoms with Gasteiger partial charge >= 0.3 is 6.18 Å². The Balaban J connectivity index is 2.99. The Labute approximate surface area is 95.9 Å². The molecule has 0 amide bonds. The number of hydrogen-bond donors (Lipinski definition) is 0. The minimum Gasteiger partial charge on any atom is -0.313 e. The minimum absolute atomic E-state index is 0.240. The quantitative estimate of drug-likeness (QED) is 0.595. The van der Waals surface area contributed by atoms with E-state index in [0.717, 1.165) is 6.07 Å². The van der Waals surface area contributed by atoms with Crippen molar-refractivity contribution in [2.75, 3.05) is 6.67 Å². The second-order valence-corrected chi connectivity index (χ2v) is 3.77. The third kappa shape index (κ3) is 3.57. The zero-order chi connectivity index (χ0) is 13.1. The third-order valence-corrected chi connectivity index (χ3v) is 2.43. The molecule has 0 unspecified atom stereocenters. The normalized spacial score (nSPS) is 11.8. The fourth-order valence-electron chi connectivity index (χ4n) is 1.54. The molecule has 0 N–H and O–H groups in total. The maximum Gasteiger partial charge on any atom is 0.416 e. The van der Waals surface area contributed by atoms with Crippen molar-refractivity contribution in [2.45, 2.75) is 32.5 Å². The predicted octanol–water partition coefficient (Wildman–Crippen LogP) is 2.93. The van der Waals surface area contributed by atoms with Gasteiger partial charge in [-0.1, -0.05) is 0 Å². The Morgan fingerprint density at radius 3 is 2.35 bits per heavy atom. The smallest absolute Gasteiger partial charge is 0.313 e. The van der Waals surface area contributed by atoms with Gasteiger partial charge in [-0.05, 0) is 25.8 Å². The molecule has 1 aromatic heterocycles. The van der Waals surface area contributed by atoms with Crippen LogP contribution in [0.4, 0.5) is 17.6 Å². The molecule has 0 fully saturated rings. The van der Waals surface area contributed by atoms with Crippen LogP contribution in [0.2, 0.25) is 0 Å². The fourth-order valence-corrected chi connectivity index (χ4v) is 1.54. The van der Waals surface area contributed by atoms with Crippen molar-refractivity contribution < 1.29 is 17.6 Å². The molecule has 1 aromatic rings. The third-order valence-electron chi connectivity index (χ3n) is 2.43. The van der Waals surface area contributed by atoms with Crippen LogP contribution in [0.3, 0.4) is 0 Å². The molecule has 0 aliphatic rings. The highest BCUT2D eigenvalue weighted by molar-refractivity contribution is 5.19. The Hall–Kier alpha value is -1.33. The van der Waals surface area contributed by atoms with Crippen LogP contribution in [0.25, 0.3) is 0 Å². The van der Waals surface area contributed by atoms with Crippen molar-refractivity contribution in [3.63, 3.8) is 0 Å². The first-order valence-corrected chi connectivity index (χ1v) is 5.21. The van der Waals surface area contributed by atoms with Crippen LogP contribution in [0, 0.1) is 6.92 Å². The molecule has 1 heterocycles. The topological polar surface area (TPSA) is 22.0 Å². The maximum atomic E-state index is 12.4. The lowest BCUT2D eigenvalue weighted by Gasteiger charge is -2.12. The van der Waals surface area contributed by atoms with Crippen molar-refractivity contribution in [3.05, 3.63) is 33.7 Å². The largest absolute Gasteiger partial charge is 0.416 e. The summed E-state index contributed by atoms with van der Waals surface area (Å²) in [6.45, 7) is 1.19. The number of aromatic nitrogens is 1. The molecule has 1 rings (SSSR count). The molecule has 0 saturated carbocycles. The summed E-state index contributed by atoms with van der Waals surface area (Å²) >= 11 is 0. The maximum absolute atomic E-state index is 12.4. The van der Waals surface area contributed by atoms with Crippen LogP contribution in [0.15, 0.2) is 16.9 Å². The van der Waals surface area contributed by atoms with Gasteiger partial charge in [-0.15, -0.1) is 0 Å². The summed E-state index contributed by atoms with van der Waals surface area (Å²) in [6.07, 6.45) is -3.78. The molecule has 0 aliphatic carbocycles. The second kappa shape index (κ2) is 5.33. The summed E-state index contributed by atoms with van der Waals surface area (Å²) in [5, 5.41) is 0. The Morgan fingerprint density at radius 2 is 1.88 bits per heavy atom. The van der Waals surface area contributed by atoms with Crippen molar-refractivity contribution >= 4 is 0 Å². The van der Waals surface area contributed by atoms with Crippen molar-refractivity contribution in [1.82, 2.24) is 4.57 Å². The van der Waals surface area contributed by atoms with E-state index in [1.807, 2.05) is 0 Å². The minimum atomic E-state index is -4.51. The van der Waals surface area contributed by atoms with E-state index in [2.05, 4.69) is 0 Å². The van der Waals surface area contributed by atoms with E-state index in [9.17, 15) is 22.4 Å². The van der Waals surface area contributed by atoms with Gasteiger partial charge in [0.2, 0.25) is 0 Å². The lowest BCUT2D eigenvalue weighted by atomic mass is 10.2. The Kier molecular flexibility index (Phi) is 4.31. The van der Waals surface area contributed by atoms with Gasteiger partial charge in [0.1, 0.15) is 0 Å². The number of alkyl halides is 4. The zero-order valence-corrected chi connectivity index (χ0v) is 9.35. The lowest BCUT2D eigenvalue weighted by Crippen LogP contribution is -2.24. The van der Waals surface area contributed by atoms with Crippen molar-refractivity contribution in [3.8, 4) is 0 Å². The first kappa shape index (κ1) is 13.7. The van der Waals surface area contributed by atoms with Crippen LogP contribution in [-0.2, 0) is 12.7 Å². The molecule has 0 aromatic carbocycles. The van der Waals surface area contributed by atoms with Gasteiger partial charge in [-0.25, -0.2) is 0 Å². The lowest BCUT2D eigenvalue weighted by molar-refractivity contribution is -0.137. The van der Waals surface area contributed by atoms with Crippen LogP contribution in [-0.4, -0.2) is 11.2 Å². The van der Waals surface area contributed by atoms with Crippen LogP contribution in [0.1, 0.15) is 24.1 Å². The molecule has 0 aliphatic heterocycles. The first-order valence-electron chi connectivity index (χ1n) is 5.21. The van der Waals surface area contributed by atoms with E-state index in [4.69, 9.17) is 0 Å². The standard InChI is InChI=1S/C11H13F4NO/c1-8-6-9(11(13,14)15)7-10(17)16(8)5-3-2-4-12/h6-7H,2-5H2,1H3. The van der Waals surface area contributed by atoms with E-state index < -0.39 is 24.0 Å². The summed E-state index contributed by atoms with van der Waals surface area (Å²) in [5.74, 6) is 0. The molecular weight excluding hydrogens is 238 g/mol. The van der Waals surface area contributed by atoms with E-state index in [1.54, 1.807) is 0 Å². The highest BCUT2D eigenvalue weighted by atomic mass is 19.4. The second-order valence-electron chi connectivity index (χ2n) is 3.77. The van der Waals surface area contributed by atoms with E-state index in [-0.39, 0.29) is 12.2 Å². The van der Waals surface area contributed by atoms with E-state index in [1.165, 1.54) is 11.5 Å². The van der Waals surface area contributed by atoms with Crippen LogP contribution < -0.4 is 5.56 Å². The van der Waals surface area contributed by atoms with Gasteiger partial charge in [0.25, 0.3) is 5.56 Å². The monoisotopic (exact) mass is 251 g/mol. The Morgan fingerprint density at radius 1 is 1.24 bits per heavy atom. The summed E-state index contributed by atoms with van der Waals surface area (Å²) in [6, 6.07) is 1.50. The number of halogens is 4. The molecular formula is C11H13F4NO. The number of pyridine rings is 1. The van der Waals surface area contributed by atoms with Crippen LogP contribution >= 0.6 is 0 Å². The summed E-state index contributed by atoms with van der Waals surface area (Å²) in [4.78, 5) is 11.5.